The van der Waals surface area contributed by atoms with Crippen LogP contribution in [0, 0.1) is 0 Å². The fraction of sp³-hybridized carbons (Fsp3) is 0.429. The van der Waals surface area contributed by atoms with Crippen LogP contribution in [0.25, 0.3) is 0 Å². The lowest BCUT2D eigenvalue weighted by Crippen LogP contribution is -2.47. The van der Waals surface area contributed by atoms with E-state index in [0.717, 1.165) is 10.9 Å². The third kappa shape index (κ3) is 2.24. The van der Waals surface area contributed by atoms with E-state index in [2.05, 4.69) is 15.9 Å². The van der Waals surface area contributed by atoms with Gasteiger partial charge < -0.3 is 9.64 Å². The second-order valence-electron chi connectivity index (χ2n) is 5.12. The summed E-state index contributed by atoms with van der Waals surface area (Å²) in [6, 6.07) is 6.73. The number of hydrogen-bond acceptors (Lipinski definition) is 4. The molecule has 0 aliphatic carbocycles. The summed E-state index contributed by atoms with van der Waals surface area (Å²) in [4.78, 5) is 25.8. The van der Waals surface area contributed by atoms with E-state index in [0.29, 0.717) is 17.9 Å². The van der Waals surface area contributed by atoms with Crippen LogP contribution in [0.1, 0.15) is 19.8 Å². The normalized spacial score (nSPS) is 28.6. The molecule has 0 bridgehead atoms. The second kappa shape index (κ2) is 5.07. The van der Waals surface area contributed by atoms with E-state index >= 15 is 0 Å². The molecule has 2 heterocycles. The lowest BCUT2D eigenvalue weighted by molar-refractivity contribution is -0.146. The topological polar surface area (TPSA) is 46.6 Å². The monoisotopic (exact) mass is 355 g/mol. The fourth-order valence-electron chi connectivity index (χ4n) is 2.70. The Bertz CT molecular complexity index is 579. The SMILES string of the molecule is C[C@]12CCC(=O)N1[C@@H](C(=O)Oc1ccccc1Br)CS2. The van der Waals surface area contributed by atoms with Crippen LogP contribution >= 0.6 is 27.7 Å². The maximum absolute atomic E-state index is 12.3. The third-order valence-electron chi connectivity index (χ3n) is 3.76. The van der Waals surface area contributed by atoms with Crippen molar-refractivity contribution in [2.45, 2.75) is 30.7 Å². The van der Waals surface area contributed by atoms with E-state index < -0.39 is 6.04 Å². The average molecular weight is 356 g/mol. The Balaban J connectivity index is 1.79. The van der Waals surface area contributed by atoms with Crippen molar-refractivity contribution in [3.8, 4) is 5.75 Å². The zero-order valence-electron chi connectivity index (χ0n) is 11.0. The number of carbonyl (C=O) groups excluding carboxylic acids is 2. The number of benzene rings is 1. The van der Waals surface area contributed by atoms with Gasteiger partial charge >= 0.3 is 5.97 Å². The van der Waals surface area contributed by atoms with Crippen LogP contribution in [-0.2, 0) is 9.59 Å². The van der Waals surface area contributed by atoms with Crippen molar-refractivity contribution >= 4 is 39.6 Å². The van der Waals surface area contributed by atoms with Crippen LogP contribution < -0.4 is 4.74 Å². The Labute approximate surface area is 130 Å². The molecule has 1 aromatic carbocycles. The van der Waals surface area contributed by atoms with Gasteiger partial charge in [0.1, 0.15) is 11.8 Å². The Morgan fingerprint density at radius 3 is 3.00 bits per heavy atom. The quantitative estimate of drug-likeness (QED) is 0.604. The first-order chi connectivity index (χ1) is 9.51. The molecular weight excluding hydrogens is 342 g/mol. The van der Waals surface area contributed by atoms with Crippen molar-refractivity contribution in [3.63, 3.8) is 0 Å². The first-order valence-electron chi connectivity index (χ1n) is 6.44. The van der Waals surface area contributed by atoms with Crippen LogP contribution in [0.2, 0.25) is 0 Å². The lowest BCUT2D eigenvalue weighted by atomic mass is 10.2. The molecule has 2 fully saturated rings. The van der Waals surface area contributed by atoms with Gasteiger partial charge in [-0.3, -0.25) is 4.79 Å². The van der Waals surface area contributed by atoms with Crippen LogP contribution in [0.4, 0.5) is 0 Å². The molecule has 2 aliphatic heterocycles. The van der Waals surface area contributed by atoms with E-state index in [1.165, 1.54) is 0 Å². The van der Waals surface area contributed by atoms with Crippen molar-refractivity contribution in [2.75, 3.05) is 5.75 Å². The van der Waals surface area contributed by atoms with Gasteiger partial charge in [0.15, 0.2) is 0 Å². The maximum Gasteiger partial charge on any atom is 0.335 e. The van der Waals surface area contributed by atoms with Gasteiger partial charge in [0.05, 0.1) is 9.34 Å². The van der Waals surface area contributed by atoms with Gasteiger partial charge in [-0.15, -0.1) is 11.8 Å². The molecule has 20 heavy (non-hydrogen) atoms. The van der Waals surface area contributed by atoms with Gasteiger partial charge in [-0.05, 0) is 41.4 Å². The highest BCUT2D eigenvalue weighted by molar-refractivity contribution is 9.10. The van der Waals surface area contributed by atoms with Crippen molar-refractivity contribution in [3.05, 3.63) is 28.7 Å². The summed E-state index contributed by atoms with van der Waals surface area (Å²) in [6.07, 6.45) is 1.32. The minimum atomic E-state index is -0.480. The molecule has 0 radical (unpaired) electrons. The zero-order chi connectivity index (χ0) is 14.3. The molecule has 2 aliphatic rings. The number of rotatable bonds is 2. The summed E-state index contributed by atoms with van der Waals surface area (Å²) >= 11 is 5.01. The van der Waals surface area contributed by atoms with Gasteiger partial charge in [-0.1, -0.05) is 12.1 Å². The molecule has 4 nitrogen and oxygen atoms in total. The largest absolute Gasteiger partial charge is 0.424 e. The van der Waals surface area contributed by atoms with Crippen LogP contribution in [0.3, 0.4) is 0 Å². The molecule has 0 spiro atoms. The Kier molecular flexibility index (Phi) is 3.54. The number of halogens is 1. The summed E-state index contributed by atoms with van der Waals surface area (Å²) in [6.45, 7) is 2.02. The molecule has 1 aromatic rings. The van der Waals surface area contributed by atoms with Crippen molar-refractivity contribution in [1.29, 1.82) is 0 Å². The summed E-state index contributed by atoms with van der Waals surface area (Å²) in [5.74, 6) is 0.781. The van der Waals surface area contributed by atoms with E-state index in [-0.39, 0.29) is 16.7 Å². The Morgan fingerprint density at radius 1 is 1.50 bits per heavy atom. The van der Waals surface area contributed by atoms with Gasteiger partial charge in [0.2, 0.25) is 5.91 Å². The summed E-state index contributed by atoms with van der Waals surface area (Å²) in [5.41, 5.74) is 0. The molecule has 0 saturated carbocycles. The number of carbonyl (C=O) groups is 2. The number of amides is 1. The number of nitrogens with zero attached hydrogens (tertiary/aromatic N) is 1. The average Bonchev–Trinajstić information content (AvgIpc) is 2.90. The summed E-state index contributed by atoms with van der Waals surface area (Å²) in [5, 5.41) is 0. The summed E-state index contributed by atoms with van der Waals surface area (Å²) < 4.78 is 6.17. The van der Waals surface area contributed by atoms with E-state index in [9.17, 15) is 9.59 Å². The zero-order valence-corrected chi connectivity index (χ0v) is 13.4. The van der Waals surface area contributed by atoms with E-state index in [4.69, 9.17) is 4.74 Å². The van der Waals surface area contributed by atoms with Crippen molar-refractivity contribution < 1.29 is 14.3 Å². The Hall–Kier alpha value is -1.01. The standard InChI is InChI=1S/C14H14BrNO3S/c1-14-7-6-12(17)16(14)10(8-20-14)13(18)19-11-5-3-2-4-9(11)15/h2-5,10H,6-8H2,1H3/t10-,14+/m1/s1. The number of esters is 1. The van der Waals surface area contributed by atoms with Gasteiger partial charge in [-0.2, -0.15) is 0 Å². The lowest BCUT2D eigenvalue weighted by Gasteiger charge is -2.29. The fourth-order valence-corrected chi connectivity index (χ4v) is 4.48. The van der Waals surface area contributed by atoms with Crippen molar-refractivity contribution in [2.24, 2.45) is 0 Å². The molecular formula is C14H14BrNO3S. The van der Waals surface area contributed by atoms with Crippen LogP contribution in [0.15, 0.2) is 28.7 Å². The number of fused-ring (bicyclic) bond motifs is 1. The predicted octanol–water partition coefficient (Wildman–Crippen LogP) is 2.81. The first kappa shape index (κ1) is 13.9. The van der Waals surface area contributed by atoms with Crippen molar-refractivity contribution in [1.82, 2.24) is 4.90 Å². The number of hydrogen-bond donors (Lipinski definition) is 0. The Morgan fingerprint density at radius 2 is 2.25 bits per heavy atom. The number of para-hydroxylation sites is 1. The van der Waals surface area contributed by atoms with Gasteiger partial charge in [0.25, 0.3) is 0 Å². The molecule has 0 N–H and O–H groups in total. The molecule has 106 valence electrons. The highest BCUT2D eigenvalue weighted by Gasteiger charge is 2.53. The highest BCUT2D eigenvalue weighted by atomic mass is 79.9. The minimum absolute atomic E-state index is 0.0478. The molecule has 6 heteroatoms. The number of thioether (sulfide) groups is 1. The molecule has 1 amide bonds. The summed E-state index contributed by atoms with van der Waals surface area (Å²) in [7, 11) is 0. The van der Waals surface area contributed by atoms with Crippen LogP contribution in [0.5, 0.6) is 5.75 Å². The molecule has 2 saturated heterocycles. The molecule has 2 atom stereocenters. The number of ether oxygens (including phenoxy) is 1. The van der Waals surface area contributed by atoms with Crippen LogP contribution in [-0.4, -0.2) is 33.4 Å². The molecule has 0 unspecified atom stereocenters. The first-order valence-corrected chi connectivity index (χ1v) is 8.21. The highest BCUT2D eigenvalue weighted by Crippen LogP contribution is 2.47. The third-order valence-corrected chi connectivity index (χ3v) is 5.92. The molecule has 0 aromatic heterocycles. The van der Waals surface area contributed by atoms with Gasteiger partial charge in [-0.25, -0.2) is 4.79 Å². The minimum Gasteiger partial charge on any atom is -0.424 e. The predicted molar refractivity (Wildman–Crippen MR) is 80.5 cm³/mol. The maximum atomic E-state index is 12.3. The van der Waals surface area contributed by atoms with Gasteiger partial charge in [0, 0.05) is 12.2 Å². The second-order valence-corrected chi connectivity index (χ2v) is 7.47. The van der Waals surface area contributed by atoms with E-state index in [1.54, 1.807) is 22.7 Å². The smallest absolute Gasteiger partial charge is 0.335 e. The van der Waals surface area contributed by atoms with E-state index in [1.807, 2.05) is 25.1 Å². The molecule has 3 rings (SSSR count).